The van der Waals surface area contributed by atoms with Crippen molar-refractivity contribution in [2.45, 2.75) is 23.7 Å². The first-order valence-corrected chi connectivity index (χ1v) is 13.3. The average molecular weight is 489 g/mol. The Morgan fingerprint density at radius 2 is 1.46 bits per heavy atom. The van der Waals surface area contributed by atoms with Crippen LogP contribution in [0, 0.1) is 6.92 Å². The molecule has 0 aliphatic carbocycles. The third kappa shape index (κ3) is 5.11. The van der Waals surface area contributed by atoms with E-state index in [1.54, 1.807) is 24.3 Å². The quantitative estimate of drug-likeness (QED) is 0.395. The average Bonchev–Trinajstić information content (AvgIpc) is 3.33. The van der Waals surface area contributed by atoms with Crippen LogP contribution in [0.15, 0.2) is 89.8 Å². The minimum Gasteiger partial charge on any atom is -0.369 e. The summed E-state index contributed by atoms with van der Waals surface area (Å²) in [6, 6.07) is 27.0. The molecule has 1 aliphatic heterocycles. The van der Waals surface area contributed by atoms with Gasteiger partial charge < -0.3 is 4.90 Å². The normalized spacial score (nSPS) is 15.7. The zero-order valence-electron chi connectivity index (χ0n) is 19.6. The smallest absolute Gasteiger partial charge is 0.198 e. The molecule has 1 atom stereocenters. The van der Waals surface area contributed by atoms with Gasteiger partial charge in [0.25, 0.3) is 0 Å². The van der Waals surface area contributed by atoms with Crippen molar-refractivity contribution in [3.8, 4) is 0 Å². The number of aryl methyl sites for hydroxylation is 1. The van der Waals surface area contributed by atoms with E-state index in [-0.39, 0.29) is 16.8 Å². The lowest BCUT2D eigenvalue weighted by Gasteiger charge is -2.39. The van der Waals surface area contributed by atoms with Gasteiger partial charge in [0.2, 0.25) is 0 Å². The van der Waals surface area contributed by atoms with Crippen molar-refractivity contribution in [3.05, 3.63) is 102 Å². The Bertz CT molecular complexity index is 1350. The van der Waals surface area contributed by atoms with Crippen LogP contribution in [0.3, 0.4) is 0 Å². The zero-order chi connectivity index (χ0) is 24.3. The van der Waals surface area contributed by atoms with Crippen LogP contribution in [-0.4, -0.2) is 59.7 Å². The third-order valence-corrected chi connectivity index (χ3v) is 7.97. The molecule has 8 nitrogen and oxygen atoms in total. The van der Waals surface area contributed by atoms with Crippen molar-refractivity contribution in [2.75, 3.05) is 31.1 Å². The van der Waals surface area contributed by atoms with Gasteiger partial charge in [-0.3, -0.25) is 4.90 Å². The van der Waals surface area contributed by atoms with Crippen LogP contribution in [0.25, 0.3) is 0 Å². The largest absolute Gasteiger partial charge is 0.369 e. The molecule has 1 fully saturated rings. The van der Waals surface area contributed by atoms with Crippen LogP contribution in [0.4, 0.5) is 5.69 Å². The molecule has 4 aromatic rings. The molecule has 1 aromatic heterocycles. The molecular formula is C26H28N6O2S. The number of benzene rings is 3. The number of hydrogen-bond donors (Lipinski definition) is 0. The molecule has 0 saturated carbocycles. The third-order valence-electron chi connectivity index (χ3n) is 6.39. The maximum atomic E-state index is 13.2. The minimum atomic E-state index is -3.62. The van der Waals surface area contributed by atoms with Crippen LogP contribution in [0.5, 0.6) is 0 Å². The molecule has 1 aliphatic rings. The Kier molecular flexibility index (Phi) is 6.61. The van der Waals surface area contributed by atoms with Gasteiger partial charge in [0, 0.05) is 31.9 Å². The fraction of sp³-hybridized carbons (Fsp3) is 0.269. The van der Waals surface area contributed by atoms with E-state index in [1.165, 1.54) is 10.4 Å². The van der Waals surface area contributed by atoms with E-state index in [4.69, 9.17) is 0 Å². The van der Waals surface area contributed by atoms with Crippen molar-refractivity contribution in [3.63, 3.8) is 0 Å². The van der Waals surface area contributed by atoms with Crippen LogP contribution in [0.1, 0.15) is 23.0 Å². The molecule has 0 radical (unpaired) electrons. The second-order valence-corrected chi connectivity index (χ2v) is 10.7. The number of tetrazole rings is 1. The number of sulfone groups is 1. The predicted molar refractivity (Wildman–Crippen MR) is 135 cm³/mol. The molecule has 5 rings (SSSR count). The SMILES string of the molecule is Cc1ccc(S(=O)(=O)Cn2nnnc2[C@@H](c2ccccc2)N2CCN(c3ccccc3)CC2)cc1. The number of aromatic nitrogens is 4. The molecule has 3 aromatic carbocycles. The van der Waals surface area contributed by atoms with Gasteiger partial charge in [-0.05, 0) is 47.2 Å². The van der Waals surface area contributed by atoms with Gasteiger partial charge in [-0.1, -0.05) is 66.2 Å². The first-order chi connectivity index (χ1) is 17.0. The van der Waals surface area contributed by atoms with Gasteiger partial charge in [0.15, 0.2) is 21.5 Å². The maximum Gasteiger partial charge on any atom is 0.198 e. The number of piperazine rings is 1. The molecule has 1 saturated heterocycles. The highest BCUT2D eigenvalue weighted by atomic mass is 32.2. The summed E-state index contributed by atoms with van der Waals surface area (Å²) in [6.45, 7) is 5.24. The van der Waals surface area contributed by atoms with Gasteiger partial charge in [0.05, 0.1) is 10.9 Å². The second kappa shape index (κ2) is 9.97. The standard InChI is InChI=1S/C26H28N6O2S/c1-21-12-14-24(15-13-21)35(33,34)20-32-26(27-28-29-32)25(22-8-4-2-5-9-22)31-18-16-30(17-19-31)23-10-6-3-7-11-23/h2-15,25H,16-20H2,1H3/t25-/m1/s1. The van der Waals surface area contributed by atoms with Crippen LogP contribution >= 0.6 is 0 Å². The van der Waals surface area contributed by atoms with E-state index in [9.17, 15) is 8.42 Å². The number of para-hydroxylation sites is 1. The zero-order valence-corrected chi connectivity index (χ0v) is 20.4. The van der Waals surface area contributed by atoms with E-state index in [1.807, 2.05) is 43.3 Å². The summed E-state index contributed by atoms with van der Waals surface area (Å²) in [4.78, 5) is 4.95. The summed E-state index contributed by atoms with van der Waals surface area (Å²) < 4.78 is 27.8. The summed E-state index contributed by atoms with van der Waals surface area (Å²) in [5, 5.41) is 12.3. The Hall–Kier alpha value is -3.56. The number of nitrogens with zero attached hydrogens (tertiary/aromatic N) is 6. The van der Waals surface area contributed by atoms with Gasteiger partial charge in [-0.25, -0.2) is 13.1 Å². The fourth-order valence-corrected chi connectivity index (χ4v) is 5.72. The highest BCUT2D eigenvalue weighted by Crippen LogP contribution is 2.29. The first-order valence-electron chi connectivity index (χ1n) is 11.7. The van der Waals surface area contributed by atoms with Crippen molar-refractivity contribution >= 4 is 15.5 Å². The van der Waals surface area contributed by atoms with Crippen LogP contribution in [0.2, 0.25) is 0 Å². The molecule has 0 spiro atoms. The predicted octanol–water partition coefficient (Wildman–Crippen LogP) is 3.32. The topological polar surface area (TPSA) is 84.2 Å². The van der Waals surface area contributed by atoms with E-state index in [0.717, 1.165) is 37.3 Å². The molecular weight excluding hydrogens is 460 g/mol. The minimum absolute atomic E-state index is 0.252. The van der Waals surface area contributed by atoms with Crippen LogP contribution in [-0.2, 0) is 15.7 Å². The van der Waals surface area contributed by atoms with Gasteiger partial charge in [-0.2, -0.15) is 0 Å². The highest BCUT2D eigenvalue weighted by molar-refractivity contribution is 7.90. The Morgan fingerprint density at radius 1 is 0.829 bits per heavy atom. The van der Waals surface area contributed by atoms with Crippen molar-refractivity contribution in [1.29, 1.82) is 0 Å². The van der Waals surface area contributed by atoms with E-state index in [2.05, 4.69) is 49.6 Å². The Morgan fingerprint density at radius 3 is 2.11 bits per heavy atom. The molecule has 0 bridgehead atoms. The van der Waals surface area contributed by atoms with Crippen molar-refractivity contribution < 1.29 is 8.42 Å². The molecule has 0 amide bonds. The lowest BCUT2D eigenvalue weighted by atomic mass is 10.0. The Balaban J connectivity index is 1.43. The van der Waals surface area contributed by atoms with E-state index >= 15 is 0 Å². The lowest BCUT2D eigenvalue weighted by molar-refractivity contribution is 0.202. The van der Waals surface area contributed by atoms with Gasteiger partial charge in [0.1, 0.15) is 0 Å². The second-order valence-electron chi connectivity index (χ2n) is 8.77. The fourth-order valence-electron chi connectivity index (χ4n) is 4.52. The van der Waals surface area contributed by atoms with E-state index in [0.29, 0.717) is 5.82 Å². The summed E-state index contributed by atoms with van der Waals surface area (Å²) in [7, 11) is -3.62. The van der Waals surface area contributed by atoms with E-state index < -0.39 is 9.84 Å². The van der Waals surface area contributed by atoms with Gasteiger partial charge >= 0.3 is 0 Å². The maximum absolute atomic E-state index is 13.2. The molecule has 9 heteroatoms. The Labute approximate surface area is 205 Å². The molecule has 0 unspecified atom stereocenters. The summed E-state index contributed by atoms with van der Waals surface area (Å²) in [6.07, 6.45) is 0. The lowest BCUT2D eigenvalue weighted by Crippen LogP contribution is -2.48. The molecule has 2 heterocycles. The monoisotopic (exact) mass is 488 g/mol. The van der Waals surface area contributed by atoms with Crippen molar-refractivity contribution in [1.82, 2.24) is 25.1 Å². The van der Waals surface area contributed by atoms with Gasteiger partial charge in [-0.15, -0.1) is 5.10 Å². The van der Waals surface area contributed by atoms with Crippen molar-refractivity contribution in [2.24, 2.45) is 0 Å². The van der Waals surface area contributed by atoms with Crippen LogP contribution < -0.4 is 4.90 Å². The summed E-state index contributed by atoms with van der Waals surface area (Å²) >= 11 is 0. The summed E-state index contributed by atoms with van der Waals surface area (Å²) in [5.74, 6) is 0.214. The molecule has 0 N–H and O–H groups in total. The molecule has 35 heavy (non-hydrogen) atoms. The highest BCUT2D eigenvalue weighted by Gasteiger charge is 2.32. The molecule has 180 valence electrons. The number of rotatable bonds is 7. The number of hydrogen-bond acceptors (Lipinski definition) is 7. The first kappa shape index (κ1) is 23.2. The summed E-state index contributed by atoms with van der Waals surface area (Å²) in [5.41, 5.74) is 3.24. The number of anilines is 1.